The molecule has 6 heteroatoms. The fourth-order valence-corrected chi connectivity index (χ4v) is 3.91. The molecule has 2 aromatic rings. The van der Waals surface area contributed by atoms with Crippen molar-refractivity contribution in [1.82, 2.24) is 15.5 Å². The van der Waals surface area contributed by atoms with Crippen LogP contribution in [0.15, 0.2) is 36.4 Å². The number of hydrogen-bond donors (Lipinski definition) is 2. The van der Waals surface area contributed by atoms with Crippen LogP contribution in [-0.4, -0.2) is 35.2 Å². The highest BCUT2D eigenvalue weighted by Crippen LogP contribution is 2.23. The molecule has 1 saturated heterocycles. The molecule has 6 nitrogen and oxygen atoms in total. The SMILES string of the molecule is O=C(NC1CCCCC1)c1ccc(Nc2ccc(N3CCCC3)cc2)nn1. The summed E-state index contributed by atoms with van der Waals surface area (Å²) in [5, 5.41) is 14.6. The molecule has 1 aromatic carbocycles. The van der Waals surface area contributed by atoms with E-state index in [2.05, 4.69) is 50.0 Å². The summed E-state index contributed by atoms with van der Waals surface area (Å²) in [6, 6.07) is 12.2. The molecule has 2 heterocycles. The van der Waals surface area contributed by atoms with E-state index in [1.54, 1.807) is 12.1 Å². The predicted molar refractivity (Wildman–Crippen MR) is 108 cm³/mol. The van der Waals surface area contributed by atoms with Crippen molar-refractivity contribution < 1.29 is 4.79 Å². The summed E-state index contributed by atoms with van der Waals surface area (Å²) in [6.07, 6.45) is 8.32. The van der Waals surface area contributed by atoms with Gasteiger partial charge < -0.3 is 15.5 Å². The van der Waals surface area contributed by atoms with E-state index in [1.807, 2.05) is 0 Å². The fraction of sp³-hybridized carbons (Fsp3) is 0.476. The van der Waals surface area contributed by atoms with Crippen LogP contribution in [0.3, 0.4) is 0 Å². The molecule has 27 heavy (non-hydrogen) atoms. The van der Waals surface area contributed by atoms with Gasteiger partial charge in [-0.3, -0.25) is 4.79 Å². The third kappa shape index (κ3) is 4.56. The lowest BCUT2D eigenvalue weighted by molar-refractivity contribution is 0.0921. The van der Waals surface area contributed by atoms with Gasteiger partial charge in [0.05, 0.1) is 0 Å². The van der Waals surface area contributed by atoms with E-state index in [9.17, 15) is 4.79 Å². The van der Waals surface area contributed by atoms with E-state index in [0.29, 0.717) is 11.5 Å². The second kappa shape index (κ2) is 8.37. The minimum absolute atomic E-state index is 0.129. The zero-order valence-electron chi connectivity index (χ0n) is 15.7. The monoisotopic (exact) mass is 365 g/mol. The molecule has 1 aromatic heterocycles. The van der Waals surface area contributed by atoms with Crippen LogP contribution >= 0.6 is 0 Å². The Labute approximate surface area is 160 Å². The summed E-state index contributed by atoms with van der Waals surface area (Å²) in [6.45, 7) is 2.28. The highest BCUT2D eigenvalue weighted by Gasteiger charge is 2.17. The molecule has 1 aliphatic carbocycles. The van der Waals surface area contributed by atoms with Crippen LogP contribution in [-0.2, 0) is 0 Å². The van der Waals surface area contributed by atoms with Crippen LogP contribution in [0.4, 0.5) is 17.2 Å². The van der Waals surface area contributed by atoms with E-state index in [-0.39, 0.29) is 11.9 Å². The van der Waals surface area contributed by atoms with Gasteiger partial charge in [0.25, 0.3) is 5.91 Å². The van der Waals surface area contributed by atoms with E-state index >= 15 is 0 Å². The first kappa shape index (κ1) is 17.8. The lowest BCUT2D eigenvalue weighted by atomic mass is 9.95. The number of anilines is 3. The Hall–Kier alpha value is -2.63. The zero-order chi connectivity index (χ0) is 18.5. The third-order valence-corrected chi connectivity index (χ3v) is 5.45. The topological polar surface area (TPSA) is 70.2 Å². The summed E-state index contributed by atoms with van der Waals surface area (Å²) in [7, 11) is 0. The summed E-state index contributed by atoms with van der Waals surface area (Å²) >= 11 is 0. The van der Waals surface area contributed by atoms with Crippen molar-refractivity contribution in [2.45, 2.75) is 51.0 Å². The molecule has 1 amide bonds. The maximum absolute atomic E-state index is 12.3. The molecule has 2 N–H and O–H groups in total. The number of carbonyl (C=O) groups is 1. The molecule has 0 unspecified atom stereocenters. The smallest absolute Gasteiger partial charge is 0.272 e. The van der Waals surface area contributed by atoms with Gasteiger partial charge in [-0.05, 0) is 62.1 Å². The second-order valence-electron chi connectivity index (χ2n) is 7.48. The van der Waals surface area contributed by atoms with Crippen molar-refractivity contribution >= 4 is 23.1 Å². The largest absolute Gasteiger partial charge is 0.372 e. The number of amides is 1. The molecule has 142 valence electrons. The predicted octanol–water partition coefficient (Wildman–Crippen LogP) is 3.88. The van der Waals surface area contributed by atoms with Gasteiger partial charge in [-0.1, -0.05) is 19.3 Å². The minimum Gasteiger partial charge on any atom is -0.372 e. The molecular weight excluding hydrogens is 338 g/mol. The second-order valence-corrected chi connectivity index (χ2v) is 7.48. The van der Waals surface area contributed by atoms with Crippen LogP contribution in [0, 0.1) is 0 Å². The molecule has 1 saturated carbocycles. The fourth-order valence-electron chi connectivity index (χ4n) is 3.91. The molecule has 0 atom stereocenters. The Kier molecular flexibility index (Phi) is 5.51. The van der Waals surface area contributed by atoms with Gasteiger partial charge in [0.15, 0.2) is 11.5 Å². The number of rotatable bonds is 5. The summed E-state index contributed by atoms with van der Waals surface area (Å²) in [5.41, 5.74) is 2.60. The van der Waals surface area contributed by atoms with Gasteiger partial charge in [-0.2, -0.15) is 0 Å². The molecule has 0 bridgehead atoms. The molecule has 0 radical (unpaired) electrons. The maximum Gasteiger partial charge on any atom is 0.272 e. The Bertz CT molecular complexity index is 747. The number of aromatic nitrogens is 2. The Morgan fingerprint density at radius 1 is 0.889 bits per heavy atom. The van der Waals surface area contributed by atoms with Crippen molar-refractivity contribution in [3.8, 4) is 0 Å². The Balaban J connectivity index is 1.33. The average Bonchev–Trinajstić information content (AvgIpc) is 3.25. The number of carbonyl (C=O) groups excluding carboxylic acids is 1. The zero-order valence-corrected chi connectivity index (χ0v) is 15.7. The number of nitrogens with one attached hydrogen (secondary N) is 2. The van der Waals surface area contributed by atoms with E-state index in [0.717, 1.165) is 31.6 Å². The van der Waals surface area contributed by atoms with Gasteiger partial charge in [-0.15, -0.1) is 10.2 Å². The summed E-state index contributed by atoms with van der Waals surface area (Å²) in [4.78, 5) is 14.7. The van der Waals surface area contributed by atoms with Gasteiger partial charge in [0, 0.05) is 30.5 Å². The average molecular weight is 365 g/mol. The lowest BCUT2D eigenvalue weighted by Gasteiger charge is -2.22. The van der Waals surface area contributed by atoms with E-state index < -0.39 is 0 Å². The highest BCUT2D eigenvalue weighted by atomic mass is 16.2. The standard InChI is InChI=1S/C21H27N5O/c27-21(23-16-6-2-1-3-7-16)19-12-13-20(25-24-19)22-17-8-10-18(11-9-17)26-14-4-5-15-26/h8-13,16H,1-7,14-15H2,(H,22,25)(H,23,27). The molecule has 2 aliphatic rings. The molecule has 0 spiro atoms. The molecule has 4 rings (SSSR count). The van der Waals surface area contributed by atoms with Crippen molar-refractivity contribution in [2.24, 2.45) is 0 Å². The summed E-state index contributed by atoms with van der Waals surface area (Å²) in [5.74, 6) is 0.508. The van der Waals surface area contributed by atoms with Gasteiger partial charge in [0.1, 0.15) is 0 Å². The third-order valence-electron chi connectivity index (χ3n) is 5.45. The molecule has 1 aliphatic heterocycles. The van der Waals surface area contributed by atoms with Crippen LogP contribution in [0.1, 0.15) is 55.4 Å². The van der Waals surface area contributed by atoms with E-state index in [4.69, 9.17) is 0 Å². The number of hydrogen-bond acceptors (Lipinski definition) is 5. The number of nitrogens with zero attached hydrogens (tertiary/aromatic N) is 3. The highest BCUT2D eigenvalue weighted by molar-refractivity contribution is 5.92. The van der Waals surface area contributed by atoms with Crippen molar-refractivity contribution in [3.63, 3.8) is 0 Å². The first-order chi connectivity index (χ1) is 13.3. The molecular formula is C21H27N5O. The van der Waals surface area contributed by atoms with Crippen molar-refractivity contribution in [1.29, 1.82) is 0 Å². The van der Waals surface area contributed by atoms with E-state index in [1.165, 1.54) is 37.8 Å². The first-order valence-electron chi connectivity index (χ1n) is 10.0. The van der Waals surface area contributed by atoms with Gasteiger partial charge in [0.2, 0.25) is 0 Å². The van der Waals surface area contributed by atoms with Gasteiger partial charge in [-0.25, -0.2) is 0 Å². The minimum atomic E-state index is -0.129. The lowest BCUT2D eigenvalue weighted by Crippen LogP contribution is -2.36. The Morgan fingerprint density at radius 2 is 1.63 bits per heavy atom. The van der Waals surface area contributed by atoms with Crippen molar-refractivity contribution in [3.05, 3.63) is 42.1 Å². The number of benzene rings is 1. The maximum atomic E-state index is 12.3. The van der Waals surface area contributed by atoms with Crippen LogP contribution < -0.4 is 15.5 Å². The summed E-state index contributed by atoms with van der Waals surface area (Å²) < 4.78 is 0. The van der Waals surface area contributed by atoms with Crippen molar-refractivity contribution in [2.75, 3.05) is 23.3 Å². The molecule has 2 fully saturated rings. The Morgan fingerprint density at radius 3 is 2.30 bits per heavy atom. The quantitative estimate of drug-likeness (QED) is 0.841. The van der Waals surface area contributed by atoms with Crippen LogP contribution in [0.5, 0.6) is 0 Å². The van der Waals surface area contributed by atoms with Crippen LogP contribution in [0.2, 0.25) is 0 Å². The normalized spacial score (nSPS) is 17.7. The van der Waals surface area contributed by atoms with Crippen LogP contribution in [0.25, 0.3) is 0 Å². The first-order valence-corrected chi connectivity index (χ1v) is 10.0. The van der Waals surface area contributed by atoms with Gasteiger partial charge >= 0.3 is 0 Å².